The first-order chi connectivity index (χ1) is 15.4. The lowest BCUT2D eigenvalue weighted by Gasteiger charge is -2.12. The van der Waals surface area contributed by atoms with Gasteiger partial charge in [-0.1, -0.05) is 47.5 Å². The predicted molar refractivity (Wildman–Crippen MR) is 122 cm³/mol. The number of nitriles is 1. The highest BCUT2D eigenvalue weighted by molar-refractivity contribution is 6.44. The molecule has 0 aromatic heterocycles. The highest BCUT2D eigenvalue weighted by Gasteiger charge is 2.14. The van der Waals surface area contributed by atoms with Gasteiger partial charge in [-0.05, 0) is 53.6 Å². The van der Waals surface area contributed by atoms with Gasteiger partial charge in [-0.25, -0.2) is 4.39 Å². The van der Waals surface area contributed by atoms with Gasteiger partial charge in [0, 0.05) is 0 Å². The van der Waals surface area contributed by atoms with Crippen molar-refractivity contribution < 1.29 is 18.7 Å². The van der Waals surface area contributed by atoms with E-state index in [-0.39, 0.29) is 28.0 Å². The lowest BCUT2D eigenvalue weighted by Crippen LogP contribution is -2.13. The van der Waals surface area contributed by atoms with E-state index >= 15 is 0 Å². The number of anilines is 1. The van der Waals surface area contributed by atoms with E-state index in [1.165, 1.54) is 25.3 Å². The summed E-state index contributed by atoms with van der Waals surface area (Å²) in [4.78, 5) is 12.5. The molecular weight excluding hydrogens is 454 g/mol. The number of amides is 1. The van der Waals surface area contributed by atoms with Gasteiger partial charge >= 0.3 is 0 Å². The Balaban J connectivity index is 1.77. The van der Waals surface area contributed by atoms with Gasteiger partial charge < -0.3 is 14.8 Å². The molecule has 0 atom stereocenters. The zero-order valence-electron chi connectivity index (χ0n) is 16.9. The van der Waals surface area contributed by atoms with Crippen LogP contribution in [0.15, 0.2) is 66.2 Å². The van der Waals surface area contributed by atoms with Crippen LogP contribution >= 0.6 is 23.2 Å². The van der Waals surface area contributed by atoms with Crippen molar-refractivity contribution in [3.63, 3.8) is 0 Å². The van der Waals surface area contributed by atoms with Gasteiger partial charge in [0.25, 0.3) is 5.91 Å². The molecule has 162 valence electrons. The minimum Gasteiger partial charge on any atom is -0.493 e. The van der Waals surface area contributed by atoms with Crippen molar-refractivity contribution in [1.82, 2.24) is 0 Å². The highest BCUT2D eigenvalue weighted by Crippen LogP contribution is 2.31. The second kappa shape index (κ2) is 10.7. The van der Waals surface area contributed by atoms with E-state index in [2.05, 4.69) is 5.32 Å². The first kappa shape index (κ1) is 23.1. The molecule has 3 rings (SSSR count). The third-order valence-electron chi connectivity index (χ3n) is 4.37. The molecule has 0 bridgehead atoms. The smallest absolute Gasteiger partial charge is 0.266 e. The zero-order valence-corrected chi connectivity index (χ0v) is 18.4. The number of nitrogens with zero attached hydrogens (tertiary/aromatic N) is 1. The Bertz CT molecular complexity index is 1200. The molecule has 0 aliphatic carbocycles. The molecule has 0 radical (unpaired) electrons. The first-order valence-electron chi connectivity index (χ1n) is 9.33. The molecule has 0 aliphatic heterocycles. The highest BCUT2D eigenvalue weighted by atomic mass is 35.5. The molecule has 5 nitrogen and oxygen atoms in total. The van der Waals surface area contributed by atoms with Crippen molar-refractivity contribution in [2.75, 3.05) is 12.4 Å². The molecule has 0 aliphatic rings. The number of carbonyl (C=O) groups is 1. The number of carbonyl (C=O) groups excluding carboxylic acids is 1. The van der Waals surface area contributed by atoms with Crippen LogP contribution in [0, 0.1) is 17.1 Å². The van der Waals surface area contributed by atoms with E-state index in [1.807, 2.05) is 6.07 Å². The summed E-state index contributed by atoms with van der Waals surface area (Å²) in [6.45, 7) is 0.220. The predicted octanol–water partition coefficient (Wildman–Crippen LogP) is 6.27. The number of benzene rings is 3. The number of methoxy groups -OCH3 is 1. The monoisotopic (exact) mass is 470 g/mol. The molecule has 8 heteroatoms. The van der Waals surface area contributed by atoms with Crippen molar-refractivity contribution in [1.29, 1.82) is 5.26 Å². The second-order valence-corrected chi connectivity index (χ2v) is 7.34. The standard InChI is InChI=1S/C24H17Cl2FN2O3/c1-31-22-12-16(7-10-21(22)32-14-15-5-8-18(27)9-6-15)11-17(13-28)24(30)29-20-4-2-3-19(25)23(20)26/h2-12H,14H2,1H3,(H,29,30)/b17-11-. The maximum Gasteiger partial charge on any atom is 0.266 e. The Kier molecular flexibility index (Phi) is 7.72. The third kappa shape index (κ3) is 5.79. The van der Waals surface area contributed by atoms with Gasteiger partial charge in [0.2, 0.25) is 0 Å². The Morgan fingerprint density at radius 2 is 1.88 bits per heavy atom. The van der Waals surface area contributed by atoms with Crippen LogP contribution in [0.4, 0.5) is 10.1 Å². The Morgan fingerprint density at radius 3 is 2.56 bits per heavy atom. The average molecular weight is 471 g/mol. The number of nitrogens with one attached hydrogen (secondary N) is 1. The topological polar surface area (TPSA) is 71.3 Å². The summed E-state index contributed by atoms with van der Waals surface area (Å²) >= 11 is 12.0. The summed E-state index contributed by atoms with van der Waals surface area (Å²) in [7, 11) is 1.48. The van der Waals surface area contributed by atoms with Crippen LogP contribution in [-0.2, 0) is 11.4 Å². The van der Waals surface area contributed by atoms with Gasteiger partial charge in [0.05, 0.1) is 22.8 Å². The van der Waals surface area contributed by atoms with Crippen molar-refractivity contribution in [3.8, 4) is 17.6 Å². The summed E-state index contributed by atoms with van der Waals surface area (Å²) in [6.07, 6.45) is 1.42. The van der Waals surface area contributed by atoms with Crippen molar-refractivity contribution >= 4 is 40.9 Å². The number of hydrogen-bond acceptors (Lipinski definition) is 4. The van der Waals surface area contributed by atoms with Crippen LogP contribution in [0.3, 0.4) is 0 Å². The van der Waals surface area contributed by atoms with Crippen LogP contribution < -0.4 is 14.8 Å². The SMILES string of the molecule is COc1cc(/C=C(/C#N)C(=O)Nc2cccc(Cl)c2Cl)ccc1OCc1ccc(F)cc1. The van der Waals surface area contributed by atoms with Crippen LogP contribution in [0.5, 0.6) is 11.5 Å². The fourth-order valence-electron chi connectivity index (χ4n) is 2.74. The molecule has 0 saturated carbocycles. The average Bonchev–Trinajstić information content (AvgIpc) is 2.80. The second-order valence-electron chi connectivity index (χ2n) is 6.55. The van der Waals surface area contributed by atoms with Gasteiger partial charge in [-0.3, -0.25) is 4.79 Å². The van der Waals surface area contributed by atoms with E-state index < -0.39 is 5.91 Å². The summed E-state index contributed by atoms with van der Waals surface area (Å²) in [5.74, 6) is -0.0798. The molecule has 0 spiro atoms. The molecule has 0 saturated heterocycles. The lowest BCUT2D eigenvalue weighted by atomic mass is 10.1. The van der Waals surface area contributed by atoms with Gasteiger partial charge in [0.1, 0.15) is 24.1 Å². The number of ether oxygens (including phenoxy) is 2. The minimum absolute atomic E-state index is 0.136. The quantitative estimate of drug-likeness (QED) is 0.326. The van der Waals surface area contributed by atoms with Crippen molar-refractivity contribution in [2.45, 2.75) is 6.61 Å². The van der Waals surface area contributed by atoms with Crippen molar-refractivity contribution in [3.05, 3.63) is 93.2 Å². The molecular formula is C24H17Cl2FN2O3. The van der Waals surface area contributed by atoms with E-state index in [0.29, 0.717) is 22.7 Å². The van der Waals surface area contributed by atoms with Gasteiger partial charge in [-0.15, -0.1) is 0 Å². The molecule has 3 aromatic rings. The van der Waals surface area contributed by atoms with E-state index in [1.54, 1.807) is 48.5 Å². The first-order valence-corrected chi connectivity index (χ1v) is 10.1. The summed E-state index contributed by atoms with van der Waals surface area (Å²) in [5.41, 5.74) is 1.51. The number of halogens is 3. The van der Waals surface area contributed by atoms with Crippen LogP contribution in [0.2, 0.25) is 10.0 Å². The van der Waals surface area contributed by atoms with Gasteiger partial charge in [0.15, 0.2) is 11.5 Å². The van der Waals surface area contributed by atoms with E-state index in [9.17, 15) is 14.4 Å². The molecule has 0 fully saturated rings. The minimum atomic E-state index is -0.632. The molecule has 1 amide bonds. The summed E-state index contributed by atoms with van der Waals surface area (Å²) < 4.78 is 24.1. The number of rotatable bonds is 7. The molecule has 1 N–H and O–H groups in total. The normalized spacial score (nSPS) is 10.9. The van der Waals surface area contributed by atoms with E-state index in [4.69, 9.17) is 32.7 Å². The molecule has 0 heterocycles. The maximum atomic E-state index is 13.0. The van der Waals surface area contributed by atoms with Crippen LogP contribution in [0.1, 0.15) is 11.1 Å². The third-order valence-corrected chi connectivity index (χ3v) is 5.19. The Morgan fingerprint density at radius 1 is 1.12 bits per heavy atom. The lowest BCUT2D eigenvalue weighted by molar-refractivity contribution is -0.112. The summed E-state index contributed by atoms with van der Waals surface area (Å²) in [6, 6.07) is 17.6. The maximum absolute atomic E-state index is 13.0. The van der Waals surface area contributed by atoms with Gasteiger partial charge in [-0.2, -0.15) is 5.26 Å². The molecule has 0 unspecified atom stereocenters. The van der Waals surface area contributed by atoms with E-state index in [0.717, 1.165) is 5.56 Å². The fourth-order valence-corrected chi connectivity index (χ4v) is 3.09. The Hall–Kier alpha value is -3.53. The number of hydrogen-bond donors (Lipinski definition) is 1. The molecule has 3 aromatic carbocycles. The van der Waals surface area contributed by atoms with Crippen LogP contribution in [-0.4, -0.2) is 13.0 Å². The molecule has 32 heavy (non-hydrogen) atoms. The van der Waals surface area contributed by atoms with Crippen LogP contribution in [0.25, 0.3) is 6.08 Å². The zero-order chi connectivity index (χ0) is 23.1. The van der Waals surface area contributed by atoms with Crippen molar-refractivity contribution in [2.24, 2.45) is 0 Å². The largest absolute Gasteiger partial charge is 0.493 e. The Labute approximate surface area is 194 Å². The summed E-state index contributed by atoms with van der Waals surface area (Å²) in [5, 5.41) is 12.5. The fraction of sp³-hybridized carbons (Fsp3) is 0.0833.